The van der Waals surface area contributed by atoms with Crippen molar-refractivity contribution < 1.29 is 14.3 Å². The van der Waals surface area contributed by atoms with E-state index < -0.39 is 0 Å². The molecule has 0 saturated carbocycles. The third-order valence-corrected chi connectivity index (χ3v) is 6.41. The molecule has 1 aromatic carbocycles. The average molecular weight is 403 g/mol. The molecule has 3 rings (SSSR count). The number of nitrogens with one attached hydrogen (secondary N) is 1. The van der Waals surface area contributed by atoms with Gasteiger partial charge in [-0.3, -0.25) is 9.69 Å². The molecule has 1 fully saturated rings. The van der Waals surface area contributed by atoms with Crippen LogP contribution in [-0.4, -0.2) is 44.7 Å². The van der Waals surface area contributed by atoms with Gasteiger partial charge in [0, 0.05) is 11.4 Å². The van der Waals surface area contributed by atoms with Crippen molar-refractivity contribution >= 4 is 17.2 Å². The maximum absolute atomic E-state index is 12.6. The van der Waals surface area contributed by atoms with Crippen LogP contribution in [0.3, 0.4) is 0 Å². The lowest BCUT2D eigenvalue weighted by Crippen LogP contribution is -2.41. The fourth-order valence-electron chi connectivity index (χ4n) is 3.68. The second-order valence-corrected chi connectivity index (χ2v) is 8.40. The van der Waals surface area contributed by atoms with Crippen molar-refractivity contribution in [2.75, 3.05) is 33.9 Å². The van der Waals surface area contributed by atoms with Gasteiger partial charge in [-0.2, -0.15) is 0 Å². The van der Waals surface area contributed by atoms with Crippen molar-refractivity contribution in [3.8, 4) is 11.5 Å². The Morgan fingerprint density at radius 1 is 1.21 bits per heavy atom. The highest BCUT2D eigenvalue weighted by Crippen LogP contribution is 2.30. The molecule has 1 unspecified atom stereocenters. The number of rotatable bonds is 8. The zero-order valence-electron chi connectivity index (χ0n) is 16.9. The van der Waals surface area contributed by atoms with Crippen LogP contribution < -0.4 is 14.8 Å². The SMILES string of the molecule is COc1ccc(CC(=O)NCC(c2cccs2)N2CCC(C)CC2)cc1OC. The summed E-state index contributed by atoms with van der Waals surface area (Å²) in [6, 6.07) is 10.1. The molecule has 0 spiro atoms. The molecule has 1 saturated heterocycles. The lowest BCUT2D eigenvalue weighted by molar-refractivity contribution is -0.120. The van der Waals surface area contributed by atoms with Crippen molar-refractivity contribution in [3.63, 3.8) is 0 Å². The molecule has 6 heteroatoms. The number of carbonyl (C=O) groups is 1. The minimum Gasteiger partial charge on any atom is -0.493 e. The number of nitrogens with zero attached hydrogens (tertiary/aromatic N) is 1. The van der Waals surface area contributed by atoms with Crippen molar-refractivity contribution in [2.24, 2.45) is 5.92 Å². The Balaban J connectivity index is 1.61. The second kappa shape index (κ2) is 9.94. The van der Waals surface area contributed by atoms with E-state index >= 15 is 0 Å². The molecule has 1 N–H and O–H groups in total. The molecule has 2 heterocycles. The van der Waals surface area contributed by atoms with Gasteiger partial charge in [-0.25, -0.2) is 0 Å². The molecule has 1 amide bonds. The predicted molar refractivity (Wildman–Crippen MR) is 113 cm³/mol. The first-order chi connectivity index (χ1) is 13.6. The van der Waals surface area contributed by atoms with Crippen LogP contribution in [0.15, 0.2) is 35.7 Å². The first-order valence-electron chi connectivity index (χ1n) is 9.85. The molecule has 2 aromatic rings. The Bertz CT molecular complexity index is 755. The molecule has 5 nitrogen and oxygen atoms in total. The highest BCUT2D eigenvalue weighted by Gasteiger charge is 2.25. The molecule has 1 aromatic heterocycles. The summed E-state index contributed by atoms with van der Waals surface area (Å²) in [5.74, 6) is 2.13. The topological polar surface area (TPSA) is 50.8 Å². The standard InChI is InChI=1S/C22H30N2O3S/c1-16-8-10-24(11-9-16)18(21-5-4-12-28-21)15-23-22(25)14-17-6-7-19(26-2)20(13-17)27-3/h4-7,12-13,16,18H,8-11,14-15H2,1-3H3,(H,23,25). The van der Waals surface area contributed by atoms with Crippen LogP contribution in [0.25, 0.3) is 0 Å². The molecular formula is C22H30N2O3S. The van der Waals surface area contributed by atoms with E-state index in [9.17, 15) is 4.79 Å². The van der Waals surface area contributed by atoms with Gasteiger partial charge in [0.05, 0.1) is 26.7 Å². The van der Waals surface area contributed by atoms with Crippen molar-refractivity contribution in [2.45, 2.75) is 32.2 Å². The zero-order chi connectivity index (χ0) is 19.9. The number of piperidine rings is 1. The Morgan fingerprint density at radius 3 is 2.61 bits per heavy atom. The third kappa shape index (κ3) is 5.26. The van der Waals surface area contributed by atoms with Crippen molar-refractivity contribution in [1.29, 1.82) is 0 Å². The van der Waals surface area contributed by atoms with Crippen LogP contribution in [0.4, 0.5) is 0 Å². The summed E-state index contributed by atoms with van der Waals surface area (Å²) in [7, 11) is 3.21. The fraction of sp³-hybridized carbons (Fsp3) is 0.500. The largest absolute Gasteiger partial charge is 0.493 e. The van der Waals surface area contributed by atoms with Crippen LogP contribution in [0.5, 0.6) is 11.5 Å². The summed E-state index contributed by atoms with van der Waals surface area (Å²) in [6.07, 6.45) is 2.78. The molecule has 28 heavy (non-hydrogen) atoms. The highest BCUT2D eigenvalue weighted by atomic mass is 32.1. The van der Waals surface area contributed by atoms with Crippen LogP contribution in [0, 0.1) is 5.92 Å². The highest BCUT2D eigenvalue weighted by molar-refractivity contribution is 7.10. The number of carbonyl (C=O) groups excluding carboxylic acids is 1. The molecule has 1 aliphatic rings. The summed E-state index contributed by atoms with van der Waals surface area (Å²) in [6.45, 7) is 5.15. The number of hydrogen-bond acceptors (Lipinski definition) is 5. The van der Waals surface area contributed by atoms with Crippen molar-refractivity contribution in [1.82, 2.24) is 10.2 Å². The normalized spacial score (nSPS) is 16.5. The lowest BCUT2D eigenvalue weighted by Gasteiger charge is -2.36. The number of ether oxygens (including phenoxy) is 2. The molecule has 0 radical (unpaired) electrons. The molecule has 0 aliphatic carbocycles. The minimum absolute atomic E-state index is 0.0270. The molecule has 1 atom stereocenters. The third-order valence-electron chi connectivity index (χ3n) is 5.44. The number of thiophene rings is 1. The van der Waals surface area contributed by atoms with E-state index in [1.807, 2.05) is 18.2 Å². The monoisotopic (exact) mass is 402 g/mol. The number of benzene rings is 1. The van der Waals surface area contributed by atoms with Crippen LogP contribution in [0.1, 0.15) is 36.2 Å². The van der Waals surface area contributed by atoms with Gasteiger partial charge in [0.2, 0.25) is 5.91 Å². The first-order valence-corrected chi connectivity index (χ1v) is 10.7. The maximum Gasteiger partial charge on any atom is 0.224 e. The van der Waals surface area contributed by atoms with Gasteiger partial charge in [-0.1, -0.05) is 19.1 Å². The van der Waals surface area contributed by atoms with Crippen LogP contribution >= 0.6 is 11.3 Å². The summed E-state index contributed by atoms with van der Waals surface area (Å²) in [4.78, 5) is 16.4. The number of hydrogen-bond donors (Lipinski definition) is 1. The fourth-order valence-corrected chi connectivity index (χ4v) is 4.54. The van der Waals surface area contributed by atoms with E-state index in [2.05, 4.69) is 34.7 Å². The number of methoxy groups -OCH3 is 2. The Kier molecular flexibility index (Phi) is 7.34. The molecular weight excluding hydrogens is 372 g/mol. The van der Waals surface area contributed by atoms with Gasteiger partial charge in [0.15, 0.2) is 11.5 Å². The summed E-state index contributed by atoms with van der Waals surface area (Å²) < 4.78 is 10.6. The van der Waals surface area contributed by atoms with Crippen LogP contribution in [0.2, 0.25) is 0 Å². The van der Waals surface area contributed by atoms with E-state index in [4.69, 9.17) is 9.47 Å². The Labute approximate surface area is 171 Å². The summed E-state index contributed by atoms with van der Waals surface area (Å²) in [5, 5.41) is 5.26. The average Bonchev–Trinajstić information content (AvgIpc) is 3.24. The number of amides is 1. The van der Waals surface area contributed by atoms with E-state index in [0.717, 1.165) is 24.6 Å². The smallest absolute Gasteiger partial charge is 0.224 e. The van der Waals surface area contributed by atoms with Gasteiger partial charge in [-0.15, -0.1) is 11.3 Å². The first kappa shape index (κ1) is 20.7. The van der Waals surface area contributed by atoms with Crippen molar-refractivity contribution in [3.05, 3.63) is 46.2 Å². The lowest BCUT2D eigenvalue weighted by atomic mass is 9.97. The van der Waals surface area contributed by atoms with E-state index in [1.54, 1.807) is 25.6 Å². The summed E-state index contributed by atoms with van der Waals surface area (Å²) in [5.41, 5.74) is 0.912. The van der Waals surface area contributed by atoms with E-state index in [-0.39, 0.29) is 11.9 Å². The maximum atomic E-state index is 12.6. The van der Waals surface area contributed by atoms with Gasteiger partial charge in [0.25, 0.3) is 0 Å². The summed E-state index contributed by atoms with van der Waals surface area (Å²) >= 11 is 1.77. The second-order valence-electron chi connectivity index (χ2n) is 7.42. The predicted octanol–water partition coefficient (Wildman–Crippen LogP) is 3.90. The Hall–Kier alpha value is -2.05. The van der Waals surface area contributed by atoms with E-state index in [1.165, 1.54) is 17.7 Å². The van der Waals surface area contributed by atoms with Crippen LogP contribution in [-0.2, 0) is 11.2 Å². The van der Waals surface area contributed by atoms with E-state index in [0.29, 0.717) is 24.5 Å². The van der Waals surface area contributed by atoms with Gasteiger partial charge in [-0.05, 0) is 61.0 Å². The molecule has 152 valence electrons. The Morgan fingerprint density at radius 2 is 1.96 bits per heavy atom. The van der Waals surface area contributed by atoms with Gasteiger partial charge < -0.3 is 14.8 Å². The quantitative estimate of drug-likeness (QED) is 0.728. The minimum atomic E-state index is 0.0270. The van der Waals surface area contributed by atoms with Gasteiger partial charge >= 0.3 is 0 Å². The van der Waals surface area contributed by atoms with Gasteiger partial charge in [0.1, 0.15) is 0 Å². The molecule has 0 bridgehead atoms. The zero-order valence-corrected chi connectivity index (χ0v) is 17.8. The number of likely N-dealkylation sites (tertiary alicyclic amines) is 1. The molecule has 1 aliphatic heterocycles.